The Bertz CT molecular complexity index is 1110. The molecule has 0 saturated carbocycles. The zero-order valence-corrected chi connectivity index (χ0v) is 16.8. The molecule has 0 unspecified atom stereocenters. The summed E-state index contributed by atoms with van der Waals surface area (Å²) in [5, 5.41) is 12.3. The van der Waals surface area contributed by atoms with E-state index in [-0.39, 0.29) is 24.0 Å². The monoisotopic (exact) mass is 411 g/mol. The third kappa shape index (κ3) is 4.34. The molecule has 1 aliphatic heterocycles. The Morgan fingerprint density at radius 3 is 2.52 bits per heavy atom. The van der Waals surface area contributed by atoms with E-state index in [2.05, 4.69) is 15.4 Å². The molecule has 2 heterocycles. The summed E-state index contributed by atoms with van der Waals surface area (Å²) in [4.78, 5) is 15.9. The first-order valence-corrected chi connectivity index (χ1v) is 11.2. The third-order valence-electron chi connectivity index (χ3n) is 4.92. The molecule has 1 aromatic heterocycles. The Kier molecular flexibility index (Phi) is 5.14. The second kappa shape index (κ2) is 7.75. The first kappa shape index (κ1) is 19.3. The van der Waals surface area contributed by atoms with Gasteiger partial charge in [-0.15, -0.1) is 10.2 Å². The summed E-state index contributed by atoms with van der Waals surface area (Å²) < 4.78 is 23.9. The van der Waals surface area contributed by atoms with E-state index in [0.717, 1.165) is 11.1 Å². The predicted octanol–water partition coefficient (Wildman–Crippen LogP) is 1.87. The standard InChI is InChI=1S/C20H21N5O3S/c1-15-7-9-16(10-8-15)20-21-23-24(22-20)13-19(26)25(17-5-3-2-4-6-17)18-11-12-29(27,28)14-18/h2-10,18H,11-14H2,1H3/t18-/m1/s1. The average molecular weight is 411 g/mol. The Morgan fingerprint density at radius 2 is 1.86 bits per heavy atom. The zero-order chi connectivity index (χ0) is 20.4. The number of hydrogen-bond donors (Lipinski definition) is 0. The topological polar surface area (TPSA) is 98.0 Å². The molecule has 0 spiro atoms. The van der Waals surface area contributed by atoms with Crippen LogP contribution in [0.15, 0.2) is 54.6 Å². The highest BCUT2D eigenvalue weighted by atomic mass is 32.2. The molecule has 1 atom stereocenters. The molecule has 2 aromatic carbocycles. The minimum absolute atomic E-state index is 0.0347. The minimum Gasteiger partial charge on any atom is -0.307 e. The molecular weight excluding hydrogens is 390 g/mol. The number of aromatic nitrogens is 4. The van der Waals surface area contributed by atoms with Gasteiger partial charge in [0, 0.05) is 11.3 Å². The van der Waals surface area contributed by atoms with Crippen LogP contribution in [0.5, 0.6) is 0 Å². The van der Waals surface area contributed by atoms with E-state index in [1.54, 1.807) is 17.0 Å². The van der Waals surface area contributed by atoms with Gasteiger partial charge in [-0.1, -0.05) is 48.0 Å². The molecule has 0 radical (unpaired) electrons. The van der Waals surface area contributed by atoms with Crippen molar-refractivity contribution in [3.8, 4) is 11.4 Å². The Hall–Kier alpha value is -3.07. The molecule has 0 bridgehead atoms. The fourth-order valence-corrected chi connectivity index (χ4v) is 5.15. The summed E-state index contributed by atoms with van der Waals surface area (Å²) >= 11 is 0. The molecule has 9 heteroatoms. The second-order valence-corrected chi connectivity index (χ2v) is 9.39. The highest BCUT2D eigenvalue weighted by Gasteiger charge is 2.35. The van der Waals surface area contributed by atoms with Gasteiger partial charge in [-0.3, -0.25) is 4.79 Å². The Morgan fingerprint density at radius 1 is 1.14 bits per heavy atom. The van der Waals surface area contributed by atoms with Crippen LogP contribution >= 0.6 is 0 Å². The number of nitrogens with zero attached hydrogens (tertiary/aromatic N) is 5. The van der Waals surface area contributed by atoms with E-state index in [0.29, 0.717) is 17.9 Å². The SMILES string of the molecule is Cc1ccc(-c2nnn(CC(=O)N(c3ccccc3)[C@@H]3CCS(=O)(=O)C3)n2)cc1. The maximum Gasteiger partial charge on any atom is 0.250 e. The summed E-state index contributed by atoms with van der Waals surface area (Å²) in [6, 6.07) is 16.4. The van der Waals surface area contributed by atoms with Crippen molar-refractivity contribution in [2.24, 2.45) is 0 Å². The molecule has 4 rings (SSSR count). The number of aryl methyl sites for hydroxylation is 1. The fourth-order valence-electron chi connectivity index (χ4n) is 3.45. The molecule has 1 amide bonds. The zero-order valence-electron chi connectivity index (χ0n) is 16.0. The smallest absolute Gasteiger partial charge is 0.250 e. The molecular formula is C20H21N5O3S. The van der Waals surface area contributed by atoms with Gasteiger partial charge in [0.2, 0.25) is 5.82 Å². The van der Waals surface area contributed by atoms with E-state index in [9.17, 15) is 13.2 Å². The maximum absolute atomic E-state index is 13.1. The summed E-state index contributed by atoms with van der Waals surface area (Å²) in [5.74, 6) is 0.221. The summed E-state index contributed by atoms with van der Waals surface area (Å²) in [5.41, 5.74) is 2.61. The van der Waals surface area contributed by atoms with E-state index in [1.165, 1.54) is 4.80 Å². The maximum atomic E-state index is 13.1. The van der Waals surface area contributed by atoms with Gasteiger partial charge < -0.3 is 4.90 Å². The molecule has 8 nitrogen and oxygen atoms in total. The van der Waals surface area contributed by atoms with Gasteiger partial charge in [-0.2, -0.15) is 4.80 Å². The van der Waals surface area contributed by atoms with Crippen molar-refractivity contribution < 1.29 is 13.2 Å². The van der Waals surface area contributed by atoms with Crippen LogP contribution in [-0.4, -0.2) is 52.1 Å². The van der Waals surface area contributed by atoms with Crippen LogP contribution in [0, 0.1) is 6.92 Å². The highest BCUT2D eigenvalue weighted by molar-refractivity contribution is 7.91. The first-order chi connectivity index (χ1) is 13.9. The molecule has 0 N–H and O–H groups in total. The normalized spacial score (nSPS) is 17.9. The average Bonchev–Trinajstić information content (AvgIpc) is 3.30. The fraction of sp³-hybridized carbons (Fsp3) is 0.300. The third-order valence-corrected chi connectivity index (χ3v) is 6.67. The molecule has 1 fully saturated rings. The number of rotatable bonds is 5. The van der Waals surface area contributed by atoms with Gasteiger partial charge in [0.1, 0.15) is 6.54 Å². The van der Waals surface area contributed by atoms with Gasteiger partial charge in [0.15, 0.2) is 9.84 Å². The van der Waals surface area contributed by atoms with Gasteiger partial charge in [0.25, 0.3) is 5.91 Å². The van der Waals surface area contributed by atoms with Crippen molar-refractivity contribution >= 4 is 21.4 Å². The lowest BCUT2D eigenvalue weighted by atomic mass is 10.1. The number of amides is 1. The largest absolute Gasteiger partial charge is 0.307 e. The molecule has 3 aromatic rings. The van der Waals surface area contributed by atoms with Crippen molar-refractivity contribution in [2.45, 2.75) is 25.9 Å². The quantitative estimate of drug-likeness (QED) is 0.636. The second-order valence-electron chi connectivity index (χ2n) is 7.17. The lowest BCUT2D eigenvalue weighted by Gasteiger charge is -2.28. The molecule has 1 saturated heterocycles. The summed E-state index contributed by atoms with van der Waals surface area (Å²) in [6.45, 7) is 1.87. The van der Waals surface area contributed by atoms with Crippen molar-refractivity contribution in [1.29, 1.82) is 0 Å². The number of tetrazole rings is 1. The van der Waals surface area contributed by atoms with Crippen LogP contribution < -0.4 is 4.90 Å². The van der Waals surface area contributed by atoms with Crippen LogP contribution in [0.2, 0.25) is 0 Å². The van der Waals surface area contributed by atoms with Crippen molar-refractivity contribution in [3.05, 3.63) is 60.2 Å². The molecule has 150 valence electrons. The molecule has 29 heavy (non-hydrogen) atoms. The van der Waals surface area contributed by atoms with Crippen LogP contribution in [0.1, 0.15) is 12.0 Å². The van der Waals surface area contributed by atoms with E-state index >= 15 is 0 Å². The highest BCUT2D eigenvalue weighted by Crippen LogP contribution is 2.25. The van der Waals surface area contributed by atoms with Crippen molar-refractivity contribution in [1.82, 2.24) is 20.2 Å². The molecule has 0 aliphatic carbocycles. The molecule has 1 aliphatic rings. The lowest BCUT2D eigenvalue weighted by molar-refractivity contribution is -0.120. The minimum atomic E-state index is -3.13. The Labute approximate surface area is 169 Å². The number of hydrogen-bond acceptors (Lipinski definition) is 6. The van der Waals surface area contributed by atoms with E-state index in [1.807, 2.05) is 49.4 Å². The lowest BCUT2D eigenvalue weighted by Crippen LogP contribution is -2.43. The van der Waals surface area contributed by atoms with Crippen LogP contribution in [0.25, 0.3) is 11.4 Å². The summed E-state index contributed by atoms with van der Waals surface area (Å²) in [6.07, 6.45) is 0.419. The number of carbonyl (C=O) groups excluding carboxylic acids is 1. The van der Waals surface area contributed by atoms with E-state index < -0.39 is 15.9 Å². The van der Waals surface area contributed by atoms with Crippen molar-refractivity contribution in [2.75, 3.05) is 16.4 Å². The van der Waals surface area contributed by atoms with Crippen LogP contribution in [-0.2, 0) is 21.2 Å². The van der Waals surface area contributed by atoms with E-state index in [4.69, 9.17) is 0 Å². The summed E-state index contributed by atoms with van der Waals surface area (Å²) in [7, 11) is -3.13. The first-order valence-electron chi connectivity index (χ1n) is 9.34. The number of carbonyl (C=O) groups is 1. The van der Waals surface area contributed by atoms with Crippen molar-refractivity contribution in [3.63, 3.8) is 0 Å². The van der Waals surface area contributed by atoms with Crippen LogP contribution in [0.3, 0.4) is 0 Å². The number of anilines is 1. The number of benzene rings is 2. The van der Waals surface area contributed by atoms with Crippen LogP contribution in [0.4, 0.5) is 5.69 Å². The van der Waals surface area contributed by atoms with Gasteiger partial charge in [-0.05, 0) is 30.7 Å². The van der Waals surface area contributed by atoms with Gasteiger partial charge in [0.05, 0.1) is 17.5 Å². The number of para-hydroxylation sites is 1. The predicted molar refractivity (Wildman–Crippen MR) is 109 cm³/mol. The van der Waals surface area contributed by atoms with Gasteiger partial charge >= 0.3 is 0 Å². The van der Waals surface area contributed by atoms with Gasteiger partial charge in [-0.25, -0.2) is 8.42 Å². The Balaban J connectivity index is 1.56. The number of sulfone groups is 1.